The highest BCUT2D eigenvalue weighted by Crippen LogP contribution is 2.22. The lowest BCUT2D eigenvalue weighted by atomic mass is 9.97. The van der Waals surface area contributed by atoms with Crippen molar-refractivity contribution in [3.8, 4) is 0 Å². The zero-order chi connectivity index (χ0) is 15.5. The largest absolute Gasteiger partial charge is 0.355 e. The van der Waals surface area contributed by atoms with Crippen molar-refractivity contribution < 1.29 is 0 Å². The molecule has 2 aromatic heterocycles. The van der Waals surface area contributed by atoms with Crippen molar-refractivity contribution >= 4 is 5.82 Å². The summed E-state index contributed by atoms with van der Waals surface area (Å²) >= 11 is 0. The fourth-order valence-corrected chi connectivity index (χ4v) is 2.82. The van der Waals surface area contributed by atoms with Gasteiger partial charge in [0.25, 0.3) is 5.56 Å². The van der Waals surface area contributed by atoms with Gasteiger partial charge >= 0.3 is 0 Å². The van der Waals surface area contributed by atoms with E-state index in [-0.39, 0.29) is 5.56 Å². The van der Waals surface area contributed by atoms with Crippen LogP contribution >= 0.6 is 0 Å². The van der Waals surface area contributed by atoms with Crippen LogP contribution in [0.5, 0.6) is 0 Å². The first-order chi connectivity index (χ1) is 10.6. The number of rotatable bonds is 3. The average Bonchev–Trinajstić information content (AvgIpc) is 2.53. The Balaban J connectivity index is 1.61. The second-order valence-corrected chi connectivity index (χ2v) is 5.94. The molecule has 3 rings (SSSR count). The van der Waals surface area contributed by atoms with Crippen LogP contribution in [0.15, 0.2) is 29.3 Å². The number of aryl methyl sites for hydroxylation is 2. The fraction of sp³-hybridized carbons (Fsp3) is 0.500. The number of aromatic nitrogens is 4. The highest BCUT2D eigenvalue weighted by Gasteiger charge is 2.21. The summed E-state index contributed by atoms with van der Waals surface area (Å²) in [6.45, 7) is 6.45. The third kappa shape index (κ3) is 3.32. The summed E-state index contributed by atoms with van der Waals surface area (Å²) in [6.07, 6.45) is 5.72. The zero-order valence-corrected chi connectivity index (χ0v) is 13.1. The second-order valence-electron chi connectivity index (χ2n) is 5.94. The van der Waals surface area contributed by atoms with Gasteiger partial charge in [0.05, 0.1) is 23.8 Å². The molecule has 0 atom stereocenters. The van der Waals surface area contributed by atoms with Crippen LogP contribution in [-0.4, -0.2) is 32.8 Å². The molecular formula is C16H21N5O. The summed E-state index contributed by atoms with van der Waals surface area (Å²) in [7, 11) is 0. The first-order valence-electron chi connectivity index (χ1n) is 7.70. The fourth-order valence-electron chi connectivity index (χ4n) is 2.82. The Kier molecular flexibility index (Phi) is 4.18. The molecule has 6 heteroatoms. The van der Waals surface area contributed by atoms with Crippen LogP contribution in [0.2, 0.25) is 0 Å². The number of hydrogen-bond acceptors (Lipinski definition) is 5. The SMILES string of the molecule is Cc1cnc(N2CCC(Cn3nc(C)ccc3=O)CC2)cn1. The summed E-state index contributed by atoms with van der Waals surface area (Å²) < 4.78 is 1.60. The molecule has 1 aliphatic rings. The van der Waals surface area contributed by atoms with Crippen molar-refractivity contribution in [1.29, 1.82) is 0 Å². The quantitative estimate of drug-likeness (QED) is 0.860. The normalized spacial score (nSPS) is 16.0. The summed E-state index contributed by atoms with van der Waals surface area (Å²) in [5.74, 6) is 1.43. The van der Waals surface area contributed by atoms with E-state index in [9.17, 15) is 4.79 Å². The van der Waals surface area contributed by atoms with Crippen LogP contribution in [0.1, 0.15) is 24.2 Å². The Morgan fingerprint density at radius 2 is 1.86 bits per heavy atom. The predicted molar refractivity (Wildman–Crippen MR) is 84.9 cm³/mol. The maximum atomic E-state index is 11.8. The number of hydrogen-bond donors (Lipinski definition) is 0. The summed E-state index contributed by atoms with van der Waals surface area (Å²) in [5.41, 5.74) is 1.80. The van der Waals surface area contributed by atoms with Crippen molar-refractivity contribution in [2.75, 3.05) is 18.0 Å². The lowest BCUT2D eigenvalue weighted by Gasteiger charge is -2.32. The van der Waals surface area contributed by atoms with Gasteiger partial charge in [0, 0.05) is 25.7 Å². The predicted octanol–water partition coefficient (Wildman–Crippen LogP) is 1.57. The van der Waals surface area contributed by atoms with Crippen molar-refractivity contribution in [2.24, 2.45) is 5.92 Å². The molecule has 1 aliphatic heterocycles. The third-order valence-corrected chi connectivity index (χ3v) is 4.14. The summed E-state index contributed by atoms with van der Waals surface area (Å²) in [5, 5.41) is 4.32. The molecule has 116 valence electrons. The number of piperidine rings is 1. The molecule has 0 radical (unpaired) electrons. The molecule has 0 amide bonds. The van der Waals surface area contributed by atoms with Crippen molar-refractivity contribution in [2.45, 2.75) is 33.2 Å². The minimum atomic E-state index is -0.0163. The topological polar surface area (TPSA) is 63.9 Å². The van der Waals surface area contributed by atoms with E-state index in [1.165, 1.54) is 0 Å². The van der Waals surface area contributed by atoms with Crippen LogP contribution in [0.3, 0.4) is 0 Å². The molecular weight excluding hydrogens is 278 g/mol. The molecule has 22 heavy (non-hydrogen) atoms. The Morgan fingerprint density at radius 3 is 2.55 bits per heavy atom. The van der Waals surface area contributed by atoms with E-state index < -0.39 is 0 Å². The first-order valence-corrected chi connectivity index (χ1v) is 7.70. The highest BCUT2D eigenvalue weighted by molar-refractivity contribution is 5.36. The highest BCUT2D eigenvalue weighted by atomic mass is 16.1. The van der Waals surface area contributed by atoms with Gasteiger partial charge in [-0.15, -0.1) is 0 Å². The monoisotopic (exact) mass is 299 g/mol. The lowest BCUT2D eigenvalue weighted by molar-refractivity contribution is 0.333. The molecule has 2 aromatic rings. The molecule has 1 fully saturated rings. The molecule has 0 unspecified atom stereocenters. The van der Waals surface area contributed by atoms with Crippen molar-refractivity contribution in [3.63, 3.8) is 0 Å². The number of nitrogens with zero attached hydrogens (tertiary/aromatic N) is 5. The van der Waals surface area contributed by atoms with Gasteiger partial charge in [0.2, 0.25) is 0 Å². The van der Waals surface area contributed by atoms with Gasteiger partial charge < -0.3 is 4.90 Å². The molecule has 0 N–H and O–H groups in total. The van der Waals surface area contributed by atoms with E-state index in [0.717, 1.165) is 43.1 Å². The second kappa shape index (κ2) is 6.25. The maximum absolute atomic E-state index is 11.8. The van der Waals surface area contributed by atoms with Crippen molar-refractivity contribution in [1.82, 2.24) is 19.7 Å². The first kappa shape index (κ1) is 14.7. The molecule has 0 saturated carbocycles. The van der Waals surface area contributed by atoms with Gasteiger partial charge in [-0.05, 0) is 38.7 Å². The Labute approximate surface area is 129 Å². The summed E-state index contributed by atoms with van der Waals surface area (Å²) in [4.78, 5) is 22.8. The van der Waals surface area contributed by atoms with Gasteiger partial charge in [-0.3, -0.25) is 9.78 Å². The standard InChI is InChI=1S/C16H21N5O/c1-12-3-4-16(22)21(19-12)11-14-5-7-20(8-6-14)15-10-17-13(2)9-18-15/h3-4,9-10,14H,5-8,11H2,1-2H3. The van der Waals surface area contributed by atoms with E-state index in [4.69, 9.17) is 0 Å². The molecule has 3 heterocycles. The van der Waals surface area contributed by atoms with E-state index in [0.29, 0.717) is 12.5 Å². The van der Waals surface area contributed by atoms with Gasteiger partial charge in [-0.2, -0.15) is 5.10 Å². The molecule has 0 aromatic carbocycles. The van der Waals surface area contributed by atoms with Crippen LogP contribution in [0.25, 0.3) is 0 Å². The minimum absolute atomic E-state index is 0.0163. The minimum Gasteiger partial charge on any atom is -0.355 e. The van der Waals surface area contributed by atoms with E-state index >= 15 is 0 Å². The molecule has 6 nitrogen and oxygen atoms in total. The van der Waals surface area contributed by atoms with Crippen molar-refractivity contribution in [3.05, 3.63) is 46.3 Å². The molecule has 0 aliphatic carbocycles. The van der Waals surface area contributed by atoms with Crippen LogP contribution < -0.4 is 10.5 Å². The Hall–Kier alpha value is -2.24. The van der Waals surface area contributed by atoms with Crippen LogP contribution in [0.4, 0.5) is 5.82 Å². The lowest BCUT2D eigenvalue weighted by Crippen LogP contribution is -2.37. The third-order valence-electron chi connectivity index (χ3n) is 4.14. The van der Waals surface area contributed by atoms with Gasteiger partial charge in [0.1, 0.15) is 5.82 Å². The Morgan fingerprint density at radius 1 is 1.09 bits per heavy atom. The van der Waals surface area contributed by atoms with Crippen LogP contribution in [-0.2, 0) is 6.54 Å². The molecule has 0 spiro atoms. The zero-order valence-electron chi connectivity index (χ0n) is 13.1. The van der Waals surface area contributed by atoms with E-state index in [1.54, 1.807) is 23.0 Å². The number of anilines is 1. The summed E-state index contributed by atoms with van der Waals surface area (Å²) in [6, 6.07) is 3.36. The maximum Gasteiger partial charge on any atom is 0.266 e. The smallest absolute Gasteiger partial charge is 0.266 e. The van der Waals surface area contributed by atoms with Crippen LogP contribution in [0, 0.1) is 19.8 Å². The van der Waals surface area contributed by atoms with Gasteiger partial charge in [-0.1, -0.05) is 0 Å². The van der Waals surface area contributed by atoms with Gasteiger partial charge in [-0.25, -0.2) is 9.67 Å². The average molecular weight is 299 g/mol. The van der Waals surface area contributed by atoms with E-state index in [1.807, 2.05) is 20.0 Å². The molecule has 1 saturated heterocycles. The van der Waals surface area contributed by atoms with E-state index in [2.05, 4.69) is 20.0 Å². The molecule has 0 bridgehead atoms. The Bertz CT molecular complexity index is 686. The van der Waals surface area contributed by atoms with Gasteiger partial charge in [0.15, 0.2) is 0 Å².